The van der Waals surface area contributed by atoms with Crippen LogP contribution in [-0.2, 0) is 9.59 Å². The average Bonchev–Trinajstić information content (AvgIpc) is 1.56. The van der Waals surface area contributed by atoms with Crippen LogP contribution in [0.1, 0.15) is 12.8 Å². The standard InChI is InChI=1S/C6H6F2O2/c7-5(9)3-1-4(2-3)6(8)10/h3-4H,1-2H2. The lowest BCUT2D eigenvalue weighted by atomic mass is 9.76. The molecule has 0 N–H and O–H groups in total. The van der Waals surface area contributed by atoms with Crippen molar-refractivity contribution >= 4 is 12.1 Å². The SMILES string of the molecule is O=C(F)C1CC(C(=O)F)C1. The molecule has 0 atom stereocenters. The molecule has 0 radical (unpaired) electrons. The van der Waals surface area contributed by atoms with Crippen LogP contribution in [0.15, 0.2) is 0 Å². The van der Waals surface area contributed by atoms with Gasteiger partial charge in [-0.15, -0.1) is 0 Å². The van der Waals surface area contributed by atoms with E-state index in [2.05, 4.69) is 0 Å². The Morgan fingerprint density at radius 2 is 1.30 bits per heavy atom. The van der Waals surface area contributed by atoms with Gasteiger partial charge in [0.1, 0.15) is 0 Å². The molecule has 0 aromatic heterocycles. The lowest BCUT2D eigenvalue weighted by Gasteiger charge is -2.27. The molecule has 2 nitrogen and oxygen atoms in total. The van der Waals surface area contributed by atoms with Crippen molar-refractivity contribution in [1.29, 1.82) is 0 Å². The first-order valence-electron chi connectivity index (χ1n) is 3.00. The summed E-state index contributed by atoms with van der Waals surface area (Å²) >= 11 is 0. The fourth-order valence-corrected chi connectivity index (χ4v) is 0.988. The minimum Gasteiger partial charge on any atom is -0.261 e. The van der Waals surface area contributed by atoms with Crippen LogP contribution < -0.4 is 0 Å². The van der Waals surface area contributed by atoms with Gasteiger partial charge in [-0.25, -0.2) is 0 Å². The van der Waals surface area contributed by atoms with Gasteiger partial charge in [0.15, 0.2) is 0 Å². The molecule has 0 aliphatic heterocycles. The van der Waals surface area contributed by atoms with Crippen molar-refractivity contribution in [3.05, 3.63) is 0 Å². The molecular weight excluding hydrogens is 142 g/mol. The molecule has 0 heterocycles. The lowest BCUT2D eigenvalue weighted by molar-refractivity contribution is -0.145. The summed E-state index contributed by atoms with van der Waals surface area (Å²) in [4.78, 5) is 19.8. The molecule has 0 aromatic carbocycles. The third-order valence-electron chi connectivity index (χ3n) is 1.78. The maximum absolute atomic E-state index is 11.7. The highest BCUT2D eigenvalue weighted by Gasteiger charge is 2.39. The zero-order chi connectivity index (χ0) is 7.72. The van der Waals surface area contributed by atoms with Crippen LogP contribution in [0.5, 0.6) is 0 Å². The van der Waals surface area contributed by atoms with E-state index in [0.29, 0.717) is 0 Å². The Morgan fingerprint density at radius 1 is 1.00 bits per heavy atom. The summed E-state index contributed by atoms with van der Waals surface area (Å²) in [6.45, 7) is 0. The summed E-state index contributed by atoms with van der Waals surface area (Å²) in [5, 5.41) is 0. The Morgan fingerprint density at radius 3 is 1.50 bits per heavy atom. The quantitative estimate of drug-likeness (QED) is 0.547. The van der Waals surface area contributed by atoms with E-state index in [-0.39, 0.29) is 12.8 Å². The van der Waals surface area contributed by atoms with Gasteiger partial charge in [0.2, 0.25) is 0 Å². The van der Waals surface area contributed by atoms with E-state index in [1.165, 1.54) is 0 Å². The number of hydrogen-bond acceptors (Lipinski definition) is 2. The third kappa shape index (κ3) is 1.20. The van der Waals surface area contributed by atoms with Gasteiger partial charge < -0.3 is 0 Å². The van der Waals surface area contributed by atoms with Gasteiger partial charge in [0.05, 0.1) is 11.8 Å². The number of hydrogen-bond donors (Lipinski definition) is 0. The molecule has 0 amide bonds. The molecule has 0 saturated heterocycles. The van der Waals surface area contributed by atoms with Crippen LogP contribution in [0.4, 0.5) is 8.78 Å². The highest BCUT2D eigenvalue weighted by Crippen LogP contribution is 2.35. The van der Waals surface area contributed by atoms with Crippen LogP contribution in [0, 0.1) is 11.8 Å². The molecule has 1 rings (SSSR count). The molecule has 0 spiro atoms. The van der Waals surface area contributed by atoms with Gasteiger partial charge in [-0.3, -0.25) is 9.59 Å². The largest absolute Gasteiger partial charge is 0.304 e. The smallest absolute Gasteiger partial charge is 0.261 e. The molecule has 1 aliphatic rings. The predicted octanol–water partition coefficient (Wildman–Crippen LogP) is 1.00. The fourth-order valence-electron chi connectivity index (χ4n) is 0.988. The van der Waals surface area contributed by atoms with Gasteiger partial charge in [-0.05, 0) is 12.8 Å². The molecule has 1 saturated carbocycles. The second-order valence-corrected chi connectivity index (χ2v) is 2.47. The Labute approximate surface area is 56.2 Å². The van der Waals surface area contributed by atoms with E-state index >= 15 is 0 Å². The van der Waals surface area contributed by atoms with E-state index in [4.69, 9.17) is 0 Å². The Hall–Kier alpha value is -0.800. The number of carbonyl (C=O) groups excluding carboxylic acids is 2. The summed E-state index contributed by atoms with van der Waals surface area (Å²) < 4.78 is 23.4. The zero-order valence-corrected chi connectivity index (χ0v) is 5.14. The molecule has 4 heteroatoms. The Balaban J connectivity index is 2.31. The lowest BCUT2D eigenvalue weighted by Crippen LogP contribution is -2.32. The van der Waals surface area contributed by atoms with Crippen LogP contribution >= 0.6 is 0 Å². The monoisotopic (exact) mass is 148 g/mol. The highest BCUT2D eigenvalue weighted by atomic mass is 19.1. The second-order valence-electron chi connectivity index (χ2n) is 2.47. The van der Waals surface area contributed by atoms with Crippen molar-refractivity contribution in [2.24, 2.45) is 11.8 Å². The van der Waals surface area contributed by atoms with Crippen molar-refractivity contribution in [1.82, 2.24) is 0 Å². The van der Waals surface area contributed by atoms with Crippen molar-refractivity contribution < 1.29 is 18.4 Å². The third-order valence-corrected chi connectivity index (χ3v) is 1.78. The number of carbonyl (C=O) groups is 2. The Bertz CT molecular complexity index is 155. The molecule has 56 valence electrons. The van der Waals surface area contributed by atoms with Gasteiger partial charge in [0, 0.05) is 0 Å². The van der Waals surface area contributed by atoms with Crippen LogP contribution in [0.3, 0.4) is 0 Å². The first-order chi connectivity index (χ1) is 4.61. The molecular formula is C6H6F2O2. The van der Waals surface area contributed by atoms with Crippen molar-refractivity contribution in [2.75, 3.05) is 0 Å². The first-order valence-corrected chi connectivity index (χ1v) is 3.00. The zero-order valence-electron chi connectivity index (χ0n) is 5.14. The minimum atomic E-state index is -1.43. The van der Waals surface area contributed by atoms with E-state index < -0.39 is 23.9 Å². The molecule has 1 fully saturated rings. The normalized spacial score (nSPS) is 31.0. The van der Waals surface area contributed by atoms with Gasteiger partial charge in [0.25, 0.3) is 0 Å². The number of halogens is 2. The maximum Gasteiger partial charge on any atom is 0.304 e. The Kier molecular flexibility index (Phi) is 1.78. The van der Waals surface area contributed by atoms with E-state index in [9.17, 15) is 18.4 Å². The van der Waals surface area contributed by atoms with Crippen molar-refractivity contribution in [3.63, 3.8) is 0 Å². The second kappa shape index (κ2) is 2.44. The summed E-state index contributed by atoms with van der Waals surface area (Å²) in [5.74, 6) is -1.44. The van der Waals surface area contributed by atoms with Crippen LogP contribution in [0.2, 0.25) is 0 Å². The van der Waals surface area contributed by atoms with E-state index in [0.717, 1.165) is 0 Å². The summed E-state index contributed by atoms with van der Waals surface area (Å²) in [6.07, 6.45) is 0.0926. The van der Waals surface area contributed by atoms with Crippen molar-refractivity contribution in [2.45, 2.75) is 12.8 Å². The molecule has 0 unspecified atom stereocenters. The summed E-state index contributed by atoms with van der Waals surface area (Å²) in [6, 6.07) is -2.87. The fraction of sp³-hybridized carbons (Fsp3) is 0.667. The van der Waals surface area contributed by atoms with Gasteiger partial charge in [-0.2, -0.15) is 8.78 Å². The van der Waals surface area contributed by atoms with E-state index in [1.54, 1.807) is 0 Å². The molecule has 10 heavy (non-hydrogen) atoms. The first kappa shape index (κ1) is 7.31. The molecule has 0 aromatic rings. The van der Waals surface area contributed by atoms with Crippen molar-refractivity contribution in [3.8, 4) is 0 Å². The van der Waals surface area contributed by atoms with Gasteiger partial charge >= 0.3 is 12.1 Å². The van der Waals surface area contributed by atoms with E-state index in [1.807, 2.05) is 0 Å². The average molecular weight is 148 g/mol. The van der Waals surface area contributed by atoms with Gasteiger partial charge in [-0.1, -0.05) is 0 Å². The molecule has 0 bridgehead atoms. The predicted molar refractivity (Wildman–Crippen MR) is 28.4 cm³/mol. The van der Waals surface area contributed by atoms with Crippen LogP contribution in [-0.4, -0.2) is 12.1 Å². The summed E-state index contributed by atoms with van der Waals surface area (Å²) in [7, 11) is 0. The highest BCUT2D eigenvalue weighted by molar-refractivity contribution is 5.78. The maximum atomic E-state index is 11.7. The number of rotatable bonds is 2. The topological polar surface area (TPSA) is 34.1 Å². The van der Waals surface area contributed by atoms with Crippen LogP contribution in [0.25, 0.3) is 0 Å². The molecule has 1 aliphatic carbocycles. The summed E-state index contributed by atoms with van der Waals surface area (Å²) in [5.41, 5.74) is 0. The minimum absolute atomic E-state index is 0.0463.